The number of ether oxygens (including phenoxy) is 1. The zero-order valence-electron chi connectivity index (χ0n) is 10.6. The Hall–Kier alpha value is -2.44. The second-order valence-corrected chi connectivity index (χ2v) is 3.68. The van der Waals surface area contributed by atoms with E-state index in [0.29, 0.717) is 6.54 Å². The van der Waals surface area contributed by atoms with Crippen molar-refractivity contribution in [3.8, 4) is 5.75 Å². The molecule has 0 aliphatic heterocycles. The van der Waals surface area contributed by atoms with Gasteiger partial charge in [-0.1, -0.05) is 6.08 Å². The molecule has 0 radical (unpaired) electrons. The van der Waals surface area contributed by atoms with Crippen LogP contribution in [0, 0.1) is 0 Å². The summed E-state index contributed by atoms with van der Waals surface area (Å²) in [6.45, 7) is 0.658. The Morgan fingerprint density at radius 3 is 2.45 bits per heavy atom. The fourth-order valence-electron chi connectivity index (χ4n) is 1.30. The minimum absolute atomic E-state index is 0.0414. The molecule has 1 rings (SSSR count). The Morgan fingerprint density at radius 1 is 1.25 bits per heavy atom. The summed E-state index contributed by atoms with van der Waals surface area (Å²) in [4.78, 5) is 22.9. The highest BCUT2D eigenvalue weighted by Gasteiger charge is 2.09. The van der Waals surface area contributed by atoms with Crippen molar-refractivity contribution in [3.63, 3.8) is 0 Å². The minimum Gasteiger partial charge on any atom is -0.435 e. The smallest absolute Gasteiger partial charge is 0.387 e. The van der Waals surface area contributed by atoms with E-state index < -0.39 is 12.5 Å². The predicted octanol–water partition coefficient (Wildman–Crippen LogP) is 1.32. The maximum Gasteiger partial charge on any atom is 0.387 e. The van der Waals surface area contributed by atoms with Gasteiger partial charge >= 0.3 is 6.61 Å². The van der Waals surface area contributed by atoms with Crippen molar-refractivity contribution in [1.82, 2.24) is 10.6 Å². The molecule has 0 saturated heterocycles. The number of nitrogens with one attached hydrogen (secondary N) is 2. The Bertz CT molecular complexity index is 475. The first-order valence-electron chi connectivity index (χ1n) is 5.73. The first-order valence-corrected chi connectivity index (χ1v) is 5.73. The van der Waals surface area contributed by atoms with Crippen molar-refractivity contribution in [1.29, 1.82) is 0 Å². The summed E-state index contributed by atoms with van der Waals surface area (Å²) in [5, 5.41) is 4.89. The van der Waals surface area contributed by atoms with Crippen molar-refractivity contribution in [2.24, 2.45) is 0 Å². The fourth-order valence-corrected chi connectivity index (χ4v) is 1.30. The van der Waals surface area contributed by atoms with Crippen molar-refractivity contribution in [2.45, 2.75) is 6.61 Å². The third-order valence-corrected chi connectivity index (χ3v) is 2.19. The summed E-state index contributed by atoms with van der Waals surface area (Å²) in [6, 6.07) is 5.15. The van der Waals surface area contributed by atoms with Crippen molar-refractivity contribution < 1.29 is 23.1 Å². The summed E-state index contributed by atoms with van der Waals surface area (Å²) >= 11 is 0. The molecule has 108 valence electrons. The van der Waals surface area contributed by atoms with Crippen LogP contribution in [0.4, 0.5) is 8.78 Å². The number of hydrogen-bond acceptors (Lipinski definition) is 3. The maximum absolute atomic E-state index is 11.9. The van der Waals surface area contributed by atoms with Crippen LogP contribution in [0.1, 0.15) is 10.4 Å². The topological polar surface area (TPSA) is 67.4 Å². The van der Waals surface area contributed by atoms with E-state index in [-0.39, 0.29) is 23.8 Å². The van der Waals surface area contributed by atoms with E-state index in [1.165, 1.54) is 30.3 Å². The summed E-state index contributed by atoms with van der Waals surface area (Å²) in [6.07, 6.45) is 1.52. The monoisotopic (exact) mass is 284 g/mol. The minimum atomic E-state index is -2.91. The van der Waals surface area contributed by atoms with Crippen LogP contribution < -0.4 is 15.4 Å². The molecule has 0 aliphatic carbocycles. The predicted molar refractivity (Wildman–Crippen MR) is 68.6 cm³/mol. The lowest BCUT2D eigenvalue weighted by molar-refractivity contribution is -0.119. The van der Waals surface area contributed by atoms with Crippen LogP contribution in [0.3, 0.4) is 0 Å². The van der Waals surface area contributed by atoms with E-state index in [4.69, 9.17) is 0 Å². The lowest BCUT2D eigenvalue weighted by atomic mass is 10.2. The van der Waals surface area contributed by atoms with E-state index in [2.05, 4.69) is 21.9 Å². The number of amides is 2. The highest BCUT2D eigenvalue weighted by Crippen LogP contribution is 2.14. The van der Waals surface area contributed by atoms with E-state index >= 15 is 0 Å². The van der Waals surface area contributed by atoms with Gasteiger partial charge in [0.15, 0.2) is 0 Å². The van der Waals surface area contributed by atoms with Crippen LogP contribution in [-0.4, -0.2) is 31.5 Å². The molecule has 1 aromatic rings. The number of benzene rings is 1. The second-order valence-electron chi connectivity index (χ2n) is 3.68. The van der Waals surface area contributed by atoms with Crippen LogP contribution in [0.2, 0.25) is 0 Å². The molecule has 2 amide bonds. The van der Waals surface area contributed by atoms with Gasteiger partial charge in [0.2, 0.25) is 5.91 Å². The molecule has 0 unspecified atom stereocenters. The molecule has 0 spiro atoms. The van der Waals surface area contributed by atoms with Crippen molar-refractivity contribution in [2.75, 3.05) is 13.1 Å². The number of hydrogen-bond donors (Lipinski definition) is 2. The molecule has 0 saturated carbocycles. The quantitative estimate of drug-likeness (QED) is 0.742. The average molecular weight is 284 g/mol. The van der Waals surface area contributed by atoms with Crippen LogP contribution >= 0.6 is 0 Å². The molecular weight excluding hydrogens is 270 g/mol. The summed E-state index contributed by atoms with van der Waals surface area (Å²) in [7, 11) is 0. The van der Waals surface area contributed by atoms with Gasteiger partial charge in [0.25, 0.3) is 5.91 Å². The van der Waals surface area contributed by atoms with Gasteiger partial charge < -0.3 is 15.4 Å². The number of carbonyl (C=O) groups excluding carboxylic acids is 2. The molecule has 2 N–H and O–H groups in total. The van der Waals surface area contributed by atoms with Crippen LogP contribution in [0.15, 0.2) is 36.9 Å². The molecule has 20 heavy (non-hydrogen) atoms. The molecule has 1 aromatic carbocycles. The van der Waals surface area contributed by atoms with Gasteiger partial charge in [0.1, 0.15) is 5.75 Å². The maximum atomic E-state index is 11.9. The largest absolute Gasteiger partial charge is 0.435 e. The molecule has 0 bridgehead atoms. The zero-order chi connectivity index (χ0) is 15.0. The SMILES string of the molecule is C=CCNC(=O)CNC(=O)c1ccc(OC(F)F)cc1. The number of halogens is 2. The van der Waals surface area contributed by atoms with Gasteiger partial charge in [-0.05, 0) is 24.3 Å². The lowest BCUT2D eigenvalue weighted by Gasteiger charge is -2.07. The van der Waals surface area contributed by atoms with E-state index in [0.717, 1.165) is 0 Å². The zero-order valence-corrected chi connectivity index (χ0v) is 10.6. The van der Waals surface area contributed by atoms with Crippen LogP contribution in [0.5, 0.6) is 5.75 Å². The van der Waals surface area contributed by atoms with Crippen LogP contribution in [0.25, 0.3) is 0 Å². The lowest BCUT2D eigenvalue weighted by Crippen LogP contribution is -2.36. The summed E-state index contributed by atoms with van der Waals surface area (Å²) in [5.74, 6) is -0.876. The van der Waals surface area contributed by atoms with Crippen LogP contribution in [-0.2, 0) is 4.79 Å². The highest BCUT2D eigenvalue weighted by molar-refractivity contribution is 5.96. The van der Waals surface area contributed by atoms with Gasteiger partial charge in [-0.2, -0.15) is 8.78 Å². The van der Waals surface area contributed by atoms with Gasteiger partial charge in [-0.25, -0.2) is 0 Å². The van der Waals surface area contributed by atoms with Gasteiger partial charge in [0.05, 0.1) is 6.54 Å². The first-order chi connectivity index (χ1) is 9.52. The molecule has 0 atom stereocenters. The van der Waals surface area contributed by atoms with E-state index in [9.17, 15) is 18.4 Å². The third-order valence-electron chi connectivity index (χ3n) is 2.19. The Kier molecular flexibility index (Phi) is 6.15. The molecule has 0 heterocycles. The molecule has 0 fully saturated rings. The Morgan fingerprint density at radius 2 is 1.90 bits per heavy atom. The second kappa shape index (κ2) is 7.88. The number of rotatable bonds is 7. The fraction of sp³-hybridized carbons (Fsp3) is 0.231. The first kappa shape index (κ1) is 15.6. The summed E-state index contributed by atoms with van der Waals surface area (Å²) in [5.41, 5.74) is 0.239. The average Bonchev–Trinajstić information content (AvgIpc) is 2.42. The van der Waals surface area contributed by atoms with E-state index in [1.54, 1.807) is 0 Å². The van der Waals surface area contributed by atoms with E-state index in [1.807, 2.05) is 0 Å². The molecule has 0 aliphatic rings. The van der Waals surface area contributed by atoms with Crippen molar-refractivity contribution in [3.05, 3.63) is 42.5 Å². The number of carbonyl (C=O) groups is 2. The Balaban J connectivity index is 2.47. The Labute approximate surface area is 114 Å². The van der Waals surface area contributed by atoms with Gasteiger partial charge in [-0.3, -0.25) is 9.59 Å². The molecule has 5 nitrogen and oxygen atoms in total. The van der Waals surface area contributed by atoms with Gasteiger partial charge in [0, 0.05) is 12.1 Å². The third kappa shape index (κ3) is 5.47. The van der Waals surface area contributed by atoms with Crippen molar-refractivity contribution >= 4 is 11.8 Å². The summed E-state index contributed by atoms with van der Waals surface area (Å²) < 4.78 is 28.0. The standard InChI is InChI=1S/C13H14F2N2O3/c1-2-7-16-11(18)8-17-12(19)9-3-5-10(6-4-9)20-13(14)15/h2-6,13H,1,7-8H2,(H,16,18)(H,17,19). The normalized spacial score (nSPS) is 9.95. The number of alkyl halides is 2. The molecular formula is C13H14F2N2O3. The molecule has 0 aromatic heterocycles. The highest BCUT2D eigenvalue weighted by atomic mass is 19.3. The van der Waals surface area contributed by atoms with Gasteiger partial charge in [-0.15, -0.1) is 6.58 Å². The molecule has 7 heteroatoms.